The summed E-state index contributed by atoms with van der Waals surface area (Å²) < 4.78 is 0. The zero-order valence-electron chi connectivity index (χ0n) is 9.55. The molecule has 0 spiro atoms. The molecule has 18 heavy (non-hydrogen) atoms. The molecule has 0 unspecified atom stereocenters. The highest BCUT2D eigenvalue weighted by Gasteiger charge is 2.14. The topological polar surface area (TPSA) is 54.7 Å². The predicted molar refractivity (Wildman–Crippen MR) is 67.9 cm³/mol. The van der Waals surface area contributed by atoms with E-state index in [0.29, 0.717) is 12.8 Å². The summed E-state index contributed by atoms with van der Waals surface area (Å²) >= 11 is 0. The first-order valence-electron chi connectivity index (χ1n) is 5.87. The van der Waals surface area contributed by atoms with Gasteiger partial charge in [0.15, 0.2) is 0 Å². The van der Waals surface area contributed by atoms with E-state index in [2.05, 4.69) is 21.3 Å². The summed E-state index contributed by atoms with van der Waals surface area (Å²) in [5, 5.41) is 10.8. The maximum absolute atomic E-state index is 11.5. The molecule has 0 fully saturated rings. The fraction of sp³-hybridized carbons (Fsp3) is 0.143. The average molecular weight is 235 g/mol. The third-order valence-corrected chi connectivity index (χ3v) is 3.39. The van der Waals surface area contributed by atoms with E-state index in [1.54, 1.807) is 6.21 Å². The fourth-order valence-corrected chi connectivity index (χ4v) is 2.50. The van der Waals surface area contributed by atoms with Crippen molar-refractivity contribution < 1.29 is 4.79 Å². The van der Waals surface area contributed by atoms with Crippen LogP contribution in [0.2, 0.25) is 0 Å². The third kappa shape index (κ3) is 1.26. The summed E-state index contributed by atoms with van der Waals surface area (Å²) in [6.45, 7) is 0. The average Bonchev–Trinajstić information content (AvgIpc) is 2.85. The highest BCUT2D eigenvalue weighted by Crippen LogP contribution is 2.16. The minimum atomic E-state index is 0.245. The van der Waals surface area contributed by atoms with Crippen molar-refractivity contribution in [2.45, 2.75) is 12.8 Å². The number of rotatable bonds is 0. The molecule has 0 N–H and O–H groups in total. The summed E-state index contributed by atoms with van der Waals surface area (Å²) in [6, 6.07) is 5.94. The van der Waals surface area contributed by atoms with Gasteiger partial charge in [-0.2, -0.15) is 10.2 Å². The molecule has 0 radical (unpaired) electrons. The van der Waals surface area contributed by atoms with Crippen LogP contribution in [0.1, 0.15) is 17.5 Å². The van der Waals surface area contributed by atoms with E-state index in [1.807, 2.05) is 18.2 Å². The molecule has 2 aliphatic rings. The number of Topliss-reactive ketones (excluding diaryl/α,β-unsaturated/α-hetero) is 1. The molecule has 1 aliphatic heterocycles. The van der Waals surface area contributed by atoms with E-state index in [0.717, 1.165) is 32.7 Å². The lowest BCUT2D eigenvalue weighted by Crippen LogP contribution is -2.23. The minimum absolute atomic E-state index is 0.245. The van der Waals surface area contributed by atoms with Crippen molar-refractivity contribution in [1.82, 2.24) is 4.98 Å². The molecule has 0 saturated heterocycles. The van der Waals surface area contributed by atoms with Crippen LogP contribution in [0.5, 0.6) is 0 Å². The van der Waals surface area contributed by atoms with Gasteiger partial charge in [0.1, 0.15) is 5.78 Å². The number of aromatic nitrogens is 1. The summed E-state index contributed by atoms with van der Waals surface area (Å²) in [6.07, 6.45) is 4.63. The normalized spacial score (nSPS) is 16.1. The molecule has 1 aromatic carbocycles. The number of fused-ring (bicyclic) bond motifs is 4. The Balaban J connectivity index is 2.14. The third-order valence-electron chi connectivity index (χ3n) is 3.39. The van der Waals surface area contributed by atoms with E-state index in [4.69, 9.17) is 0 Å². The summed E-state index contributed by atoms with van der Waals surface area (Å²) in [5.74, 6) is 0.245. The summed E-state index contributed by atoms with van der Waals surface area (Å²) in [5.41, 5.74) is 2.94. The number of nitrogens with zero attached hydrogens (tertiary/aromatic N) is 3. The molecule has 0 saturated carbocycles. The second-order valence-electron chi connectivity index (χ2n) is 4.57. The first-order valence-corrected chi connectivity index (χ1v) is 5.87. The second-order valence-corrected chi connectivity index (χ2v) is 4.57. The predicted octanol–water partition coefficient (Wildman–Crippen LogP) is 0.498. The van der Waals surface area contributed by atoms with Crippen LogP contribution in [-0.2, 0) is 11.2 Å². The molecular formula is C14H9N3O. The van der Waals surface area contributed by atoms with Crippen LogP contribution in [0.15, 0.2) is 28.4 Å². The standard InChI is InChI=1S/C14H9N3O/c18-9-1-2-12-8(5-9)6-10-11-7-15-17-14(11)4-3-13(10)16-12/h2-4,6-7H,1,5H2. The van der Waals surface area contributed by atoms with E-state index >= 15 is 0 Å². The number of carbonyl (C=O) groups excluding carboxylic acids is 1. The lowest BCUT2D eigenvalue weighted by molar-refractivity contribution is -0.117. The van der Waals surface area contributed by atoms with Crippen LogP contribution in [0.4, 0.5) is 0 Å². The van der Waals surface area contributed by atoms with Crippen LogP contribution >= 0.6 is 0 Å². The number of hydrogen-bond donors (Lipinski definition) is 0. The van der Waals surface area contributed by atoms with Crippen LogP contribution in [0.25, 0.3) is 17.0 Å². The van der Waals surface area contributed by atoms with Gasteiger partial charge < -0.3 is 0 Å². The molecule has 2 heterocycles. The van der Waals surface area contributed by atoms with Gasteiger partial charge in [-0.15, -0.1) is 0 Å². The highest BCUT2D eigenvalue weighted by molar-refractivity contribution is 5.99. The van der Waals surface area contributed by atoms with Crippen LogP contribution < -0.4 is 10.7 Å². The Morgan fingerprint density at radius 2 is 2.17 bits per heavy atom. The summed E-state index contributed by atoms with van der Waals surface area (Å²) in [4.78, 5) is 16.1. The maximum Gasteiger partial charge on any atom is 0.141 e. The van der Waals surface area contributed by atoms with Gasteiger partial charge in [0, 0.05) is 23.8 Å². The molecule has 0 atom stereocenters. The van der Waals surface area contributed by atoms with E-state index in [-0.39, 0.29) is 5.78 Å². The lowest BCUT2D eigenvalue weighted by atomic mass is 9.98. The van der Waals surface area contributed by atoms with Crippen molar-refractivity contribution in [2.75, 3.05) is 0 Å². The van der Waals surface area contributed by atoms with Gasteiger partial charge in [0.2, 0.25) is 0 Å². The van der Waals surface area contributed by atoms with Gasteiger partial charge in [0.05, 0.1) is 22.4 Å². The Hall–Kier alpha value is -2.36. The smallest absolute Gasteiger partial charge is 0.141 e. The molecule has 0 amide bonds. The number of carbonyl (C=O) groups is 1. The number of benzene rings is 1. The summed E-state index contributed by atoms with van der Waals surface area (Å²) in [7, 11) is 0. The number of ketones is 1. The Morgan fingerprint density at radius 1 is 1.22 bits per heavy atom. The van der Waals surface area contributed by atoms with Crippen LogP contribution in [0, 0.1) is 0 Å². The zero-order chi connectivity index (χ0) is 12.1. The van der Waals surface area contributed by atoms with Crippen molar-refractivity contribution in [2.24, 2.45) is 10.2 Å². The number of pyridine rings is 1. The first kappa shape index (κ1) is 9.65. The van der Waals surface area contributed by atoms with Gasteiger partial charge in [-0.25, -0.2) is 4.98 Å². The molecule has 1 aliphatic carbocycles. The van der Waals surface area contributed by atoms with Gasteiger partial charge in [0.25, 0.3) is 0 Å². The van der Waals surface area contributed by atoms with Crippen molar-refractivity contribution >= 4 is 29.0 Å². The fourth-order valence-electron chi connectivity index (χ4n) is 2.50. The van der Waals surface area contributed by atoms with Crippen LogP contribution in [-0.4, -0.2) is 17.0 Å². The highest BCUT2D eigenvalue weighted by atomic mass is 16.1. The van der Waals surface area contributed by atoms with Crippen molar-refractivity contribution in [3.63, 3.8) is 0 Å². The van der Waals surface area contributed by atoms with Crippen molar-refractivity contribution in [3.05, 3.63) is 40.0 Å². The quantitative estimate of drug-likeness (QED) is 0.667. The zero-order valence-corrected chi connectivity index (χ0v) is 9.55. The molecule has 0 bridgehead atoms. The molecule has 86 valence electrons. The largest absolute Gasteiger partial charge is 0.299 e. The molecule has 2 aromatic rings. The van der Waals surface area contributed by atoms with E-state index in [9.17, 15) is 4.79 Å². The second kappa shape index (κ2) is 3.32. The molecule has 1 aromatic heterocycles. The monoisotopic (exact) mass is 235 g/mol. The SMILES string of the molecule is O=C1CC=c2nc3ccc4c(c3cc2C1)C=NN=4. The Labute approximate surface area is 102 Å². The van der Waals surface area contributed by atoms with Gasteiger partial charge in [-0.1, -0.05) is 6.08 Å². The molecular weight excluding hydrogens is 226 g/mol. The van der Waals surface area contributed by atoms with Crippen molar-refractivity contribution in [1.29, 1.82) is 0 Å². The Kier molecular flexibility index (Phi) is 1.78. The van der Waals surface area contributed by atoms with Gasteiger partial charge >= 0.3 is 0 Å². The lowest BCUT2D eigenvalue weighted by Gasteiger charge is -2.09. The van der Waals surface area contributed by atoms with Crippen molar-refractivity contribution in [3.8, 4) is 0 Å². The maximum atomic E-state index is 11.5. The van der Waals surface area contributed by atoms with Crippen LogP contribution in [0.3, 0.4) is 0 Å². The molecule has 4 rings (SSSR count). The Morgan fingerprint density at radius 3 is 3.11 bits per heavy atom. The minimum Gasteiger partial charge on any atom is -0.299 e. The number of hydrogen-bond acceptors (Lipinski definition) is 4. The molecule has 4 heteroatoms. The van der Waals surface area contributed by atoms with Gasteiger partial charge in [-0.05, 0) is 23.8 Å². The molecule has 4 nitrogen and oxygen atoms in total. The van der Waals surface area contributed by atoms with E-state index in [1.165, 1.54) is 0 Å². The van der Waals surface area contributed by atoms with Gasteiger partial charge in [-0.3, -0.25) is 4.79 Å². The Bertz CT molecular complexity index is 849. The van der Waals surface area contributed by atoms with E-state index < -0.39 is 0 Å². The first-order chi connectivity index (χ1) is 8.81.